The molecular weight excluding hydrogens is 184 g/mol. The van der Waals surface area contributed by atoms with Gasteiger partial charge in [-0.1, -0.05) is 0 Å². The lowest BCUT2D eigenvalue weighted by atomic mass is 10.3. The first kappa shape index (κ1) is 10.9. The number of nitrogens with zero attached hydrogens (tertiary/aromatic N) is 1. The third-order valence-corrected chi connectivity index (χ3v) is 1.64. The van der Waals surface area contributed by atoms with Gasteiger partial charge in [-0.05, 0) is 0 Å². The molecule has 14 heavy (non-hydrogen) atoms. The number of aliphatic hydroxyl groups is 2. The van der Waals surface area contributed by atoms with E-state index in [0.29, 0.717) is 30.3 Å². The molecule has 0 atom stereocenters. The smallest absolute Gasteiger partial charge is 0.137 e. The molecule has 0 fully saturated rings. The molecule has 0 bridgehead atoms. The van der Waals surface area contributed by atoms with Gasteiger partial charge in [-0.25, -0.2) is 0 Å². The van der Waals surface area contributed by atoms with Crippen molar-refractivity contribution in [3.05, 3.63) is 23.5 Å². The lowest BCUT2D eigenvalue weighted by Gasteiger charge is -2.06. The number of aliphatic hydroxyl groups excluding tert-OH is 2. The molecule has 5 nitrogen and oxygen atoms in total. The molecule has 5 heteroatoms. The van der Waals surface area contributed by atoms with E-state index in [-0.39, 0.29) is 13.2 Å². The fourth-order valence-corrected chi connectivity index (χ4v) is 1.05. The van der Waals surface area contributed by atoms with E-state index in [4.69, 9.17) is 14.9 Å². The molecule has 0 spiro atoms. The van der Waals surface area contributed by atoms with Gasteiger partial charge in [-0.3, -0.25) is 4.98 Å². The molecular formula is C9H15N2O3+. The zero-order chi connectivity index (χ0) is 10.4. The van der Waals surface area contributed by atoms with E-state index >= 15 is 0 Å². The highest BCUT2D eigenvalue weighted by Gasteiger charge is 2.02. The second kappa shape index (κ2) is 5.54. The Kier molecular flexibility index (Phi) is 4.31. The third kappa shape index (κ3) is 2.95. The van der Waals surface area contributed by atoms with E-state index in [1.165, 1.54) is 0 Å². The van der Waals surface area contributed by atoms with Gasteiger partial charge in [-0.15, -0.1) is 0 Å². The minimum absolute atomic E-state index is 0.158. The van der Waals surface area contributed by atoms with Crippen LogP contribution in [-0.2, 0) is 13.2 Å². The van der Waals surface area contributed by atoms with Gasteiger partial charge >= 0.3 is 0 Å². The zero-order valence-electron chi connectivity index (χ0n) is 7.94. The highest BCUT2D eigenvalue weighted by atomic mass is 16.5. The predicted molar refractivity (Wildman–Crippen MR) is 49.3 cm³/mol. The molecule has 78 valence electrons. The van der Waals surface area contributed by atoms with E-state index in [1.807, 2.05) is 0 Å². The van der Waals surface area contributed by atoms with Crippen LogP contribution in [0.5, 0.6) is 5.75 Å². The minimum atomic E-state index is -0.158. The first-order valence-corrected chi connectivity index (χ1v) is 4.43. The van der Waals surface area contributed by atoms with E-state index in [9.17, 15) is 0 Å². The van der Waals surface area contributed by atoms with Crippen molar-refractivity contribution in [2.45, 2.75) is 13.2 Å². The Hall–Kier alpha value is -1.17. The summed E-state index contributed by atoms with van der Waals surface area (Å²) < 4.78 is 5.32. The number of quaternary nitrogens is 1. The number of hydrogen-bond acceptors (Lipinski definition) is 4. The standard InChI is InChI=1S/C9H14N2O3/c10-1-2-14-9-3-7(5-12)11-8(4-9)6-13/h3-4,12-13H,1-2,5-6,10H2/p+1. The molecule has 0 amide bonds. The number of aromatic nitrogens is 1. The number of pyridine rings is 1. The summed E-state index contributed by atoms with van der Waals surface area (Å²) in [6.07, 6.45) is 0. The maximum Gasteiger partial charge on any atom is 0.137 e. The Labute approximate surface area is 82.2 Å². The van der Waals surface area contributed by atoms with E-state index in [0.717, 1.165) is 0 Å². The average Bonchev–Trinajstić information content (AvgIpc) is 2.25. The van der Waals surface area contributed by atoms with Gasteiger partial charge in [0.2, 0.25) is 0 Å². The van der Waals surface area contributed by atoms with Crippen molar-refractivity contribution in [1.82, 2.24) is 4.98 Å². The molecule has 0 saturated heterocycles. The molecule has 1 rings (SSSR count). The van der Waals surface area contributed by atoms with Crippen LogP contribution in [0.1, 0.15) is 11.4 Å². The number of rotatable bonds is 5. The molecule has 0 aliphatic carbocycles. The fraction of sp³-hybridized carbons (Fsp3) is 0.444. The van der Waals surface area contributed by atoms with Gasteiger partial charge in [0.1, 0.15) is 18.9 Å². The van der Waals surface area contributed by atoms with Gasteiger partial charge in [-0.2, -0.15) is 0 Å². The SMILES string of the molecule is [NH3+]CCOc1cc(CO)nc(CO)c1. The highest BCUT2D eigenvalue weighted by molar-refractivity contribution is 5.26. The molecule has 0 radical (unpaired) electrons. The Balaban J connectivity index is 2.81. The first-order valence-electron chi connectivity index (χ1n) is 4.43. The highest BCUT2D eigenvalue weighted by Crippen LogP contribution is 2.14. The number of hydrogen-bond donors (Lipinski definition) is 3. The quantitative estimate of drug-likeness (QED) is 0.549. The van der Waals surface area contributed by atoms with Gasteiger partial charge in [0.15, 0.2) is 0 Å². The Morgan fingerprint density at radius 1 is 1.21 bits per heavy atom. The van der Waals surface area contributed by atoms with Crippen LogP contribution in [0, 0.1) is 0 Å². The van der Waals surface area contributed by atoms with Crippen LogP contribution in [0.15, 0.2) is 12.1 Å². The summed E-state index contributed by atoms with van der Waals surface area (Å²) in [5.41, 5.74) is 4.64. The van der Waals surface area contributed by atoms with Crippen molar-refractivity contribution in [1.29, 1.82) is 0 Å². The zero-order valence-corrected chi connectivity index (χ0v) is 7.94. The van der Waals surface area contributed by atoms with E-state index in [2.05, 4.69) is 10.7 Å². The minimum Gasteiger partial charge on any atom is -0.488 e. The van der Waals surface area contributed by atoms with Crippen LogP contribution in [0.4, 0.5) is 0 Å². The first-order chi connectivity index (χ1) is 6.80. The molecule has 0 aliphatic heterocycles. The van der Waals surface area contributed by atoms with Crippen LogP contribution >= 0.6 is 0 Å². The molecule has 1 heterocycles. The molecule has 1 aromatic heterocycles. The van der Waals surface area contributed by atoms with Gasteiger partial charge in [0, 0.05) is 12.1 Å². The van der Waals surface area contributed by atoms with Crippen LogP contribution in [0.2, 0.25) is 0 Å². The Morgan fingerprint density at radius 3 is 2.21 bits per heavy atom. The summed E-state index contributed by atoms with van der Waals surface area (Å²) in [5, 5.41) is 17.8. The summed E-state index contributed by atoms with van der Waals surface area (Å²) in [4.78, 5) is 3.98. The van der Waals surface area contributed by atoms with E-state index in [1.54, 1.807) is 12.1 Å². The second-order valence-electron chi connectivity index (χ2n) is 2.80. The summed E-state index contributed by atoms with van der Waals surface area (Å²) in [7, 11) is 0. The normalized spacial score (nSPS) is 10.2. The van der Waals surface area contributed by atoms with E-state index < -0.39 is 0 Å². The lowest BCUT2D eigenvalue weighted by Crippen LogP contribution is -2.52. The van der Waals surface area contributed by atoms with Gasteiger partial charge in [0.25, 0.3) is 0 Å². The number of ether oxygens (including phenoxy) is 1. The lowest BCUT2D eigenvalue weighted by molar-refractivity contribution is -0.370. The van der Waals surface area contributed by atoms with Crippen LogP contribution in [0.3, 0.4) is 0 Å². The van der Waals surface area contributed by atoms with Gasteiger partial charge in [0.05, 0.1) is 24.6 Å². The maximum atomic E-state index is 8.90. The Bertz CT molecular complexity index is 269. The molecule has 5 N–H and O–H groups in total. The third-order valence-electron chi connectivity index (χ3n) is 1.64. The Morgan fingerprint density at radius 2 is 1.79 bits per heavy atom. The van der Waals surface area contributed by atoms with Crippen LogP contribution < -0.4 is 10.5 Å². The van der Waals surface area contributed by atoms with Crippen LogP contribution in [0.25, 0.3) is 0 Å². The van der Waals surface area contributed by atoms with Gasteiger partial charge < -0.3 is 20.7 Å². The van der Waals surface area contributed by atoms with Crippen molar-refractivity contribution >= 4 is 0 Å². The van der Waals surface area contributed by atoms with Crippen molar-refractivity contribution in [3.63, 3.8) is 0 Å². The summed E-state index contributed by atoms with van der Waals surface area (Å²) in [5.74, 6) is 0.608. The molecule has 0 aromatic carbocycles. The van der Waals surface area contributed by atoms with Crippen molar-refractivity contribution < 1.29 is 20.7 Å². The summed E-state index contributed by atoms with van der Waals surface area (Å²) >= 11 is 0. The average molecular weight is 199 g/mol. The maximum absolute atomic E-state index is 8.90. The predicted octanol–water partition coefficient (Wildman–Crippen LogP) is -1.31. The topological polar surface area (TPSA) is 90.2 Å². The van der Waals surface area contributed by atoms with Crippen molar-refractivity contribution in [2.75, 3.05) is 13.2 Å². The monoisotopic (exact) mass is 199 g/mol. The van der Waals surface area contributed by atoms with Crippen LogP contribution in [-0.4, -0.2) is 28.3 Å². The largest absolute Gasteiger partial charge is 0.488 e. The summed E-state index contributed by atoms with van der Waals surface area (Å²) in [6.45, 7) is 0.869. The molecule has 0 saturated carbocycles. The second-order valence-corrected chi connectivity index (χ2v) is 2.80. The molecule has 1 aromatic rings. The van der Waals surface area contributed by atoms with Crippen molar-refractivity contribution in [3.8, 4) is 5.75 Å². The molecule has 0 aliphatic rings. The summed E-state index contributed by atoms with van der Waals surface area (Å²) in [6, 6.07) is 3.30. The van der Waals surface area contributed by atoms with Crippen molar-refractivity contribution in [2.24, 2.45) is 0 Å². The molecule has 0 unspecified atom stereocenters. The fourth-order valence-electron chi connectivity index (χ4n) is 1.05.